The summed E-state index contributed by atoms with van der Waals surface area (Å²) in [6.07, 6.45) is 3.89. The number of nitrogens with zero attached hydrogens (tertiary/aromatic N) is 2. The molecule has 2 aromatic rings. The van der Waals surface area contributed by atoms with Crippen molar-refractivity contribution < 1.29 is 9.53 Å². The zero-order chi connectivity index (χ0) is 16.8. The van der Waals surface area contributed by atoms with E-state index in [9.17, 15) is 4.79 Å². The van der Waals surface area contributed by atoms with Crippen molar-refractivity contribution in [3.63, 3.8) is 0 Å². The van der Waals surface area contributed by atoms with Crippen LogP contribution in [0.2, 0.25) is 0 Å². The maximum absolute atomic E-state index is 12.3. The normalized spacial score (nSPS) is 14.0. The lowest BCUT2D eigenvalue weighted by Crippen LogP contribution is -2.27. The maximum atomic E-state index is 12.3. The van der Waals surface area contributed by atoms with E-state index in [-0.39, 0.29) is 5.91 Å². The Bertz CT molecular complexity index is 665. The number of amides is 1. The van der Waals surface area contributed by atoms with E-state index >= 15 is 0 Å². The average Bonchev–Trinajstić information content (AvgIpc) is 3.15. The third-order valence-corrected chi connectivity index (χ3v) is 4.91. The molecule has 2 heterocycles. The molecule has 3 rings (SSSR count). The highest BCUT2D eigenvalue weighted by Crippen LogP contribution is 2.18. The largest absolute Gasteiger partial charge is 0.493 e. The fraction of sp³-hybridized carbons (Fsp3) is 0.368. The summed E-state index contributed by atoms with van der Waals surface area (Å²) in [5.41, 5.74) is 1.90. The molecule has 24 heavy (non-hydrogen) atoms. The second kappa shape index (κ2) is 8.20. The van der Waals surface area contributed by atoms with Gasteiger partial charge in [0.15, 0.2) is 0 Å². The fourth-order valence-corrected chi connectivity index (χ4v) is 3.30. The number of benzene rings is 1. The molecule has 126 valence electrons. The Morgan fingerprint density at radius 3 is 2.58 bits per heavy atom. The third-order valence-electron chi connectivity index (χ3n) is 4.00. The van der Waals surface area contributed by atoms with Crippen molar-refractivity contribution in [2.75, 3.05) is 25.4 Å². The zero-order valence-corrected chi connectivity index (χ0v) is 14.7. The fourth-order valence-electron chi connectivity index (χ4n) is 2.64. The summed E-state index contributed by atoms with van der Waals surface area (Å²) in [4.78, 5) is 18.5. The van der Waals surface area contributed by atoms with Crippen molar-refractivity contribution in [3.8, 4) is 5.75 Å². The summed E-state index contributed by atoms with van der Waals surface area (Å²) in [5, 5.41) is 0.917. The topological polar surface area (TPSA) is 42.4 Å². The molecule has 0 atom stereocenters. The highest BCUT2D eigenvalue weighted by Gasteiger charge is 2.19. The SMILES string of the molecule is Cc1ccc(OCCSc2ccc(C(=O)N3CCCC3)cn2)cc1. The van der Waals surface area contributed by atoms with Gasteiger partial charge in [-0.25, -0.2) is 4.98 Å². The number of hydrogen-bond acceptors (Lipinski definition) is 4. The van der Waals surface area contributed by atoms with E-state index in [4.69, 9.17) is 4.74 Å². The van der Waals surface area contributed by atoms with E-state index in [2.05, 4.69) is 11.9 Å². The Labute approximate surface area is 147 Å². The molecule has 1 saturated heterocycles. The minimum atomic E-state index is 0.0965. The van der Waals surface area contributed by atoms with Crippen LogP contribution in [0.15, 0.2) is 47.6 Å². The van der Waals surface area contributed by atoms with Gasteiger partial charge in [-0.3, -0.25) is 4.79 Å². The Kier molecular flexibility index (Phi) is 5.75. The first-order chi connectivity index (χ1) is 11.7. The molecule has 1 aromatic carbocycles. The van der Waals surface area contributed by atoms with Crippen LogP contribution in [0.3, 0.4) is 0 Å². The lowest BCUT2D eigenvalue weighted by molar-refractivity contribution is 0.0792. The minimum Gasteiger partial charge on any atom is -0.493 e. The summed E-state index contributed by atoms with van der Waals surface area (Å²) in [6, 6.07) is 11.8. The second-order valence-electron chi connectivity index (χ2n) is 5.89. The van der Waals surface area contributed by atoms with E-state index in [1.807, 2.05) is 41.3 Å². The first kappa shape index (κ1) is 16.8. The molecule has 0 spiro atoms. The van der Waals surface area contributed by atoms with Gasteiger partial charge in [-0.2, -0.15) is 0 Å². The van der Waals surface area contributed by atoms with E-state index in [0.29, 0.717) is 12.2 Å². The van der Waals surface area contributed by atoms with Gasteiger partial charge in [-0.05, 0) is 44.0 Å². The van der Waals surface area contributed by atoms with Gasteiger partial charge >= 0.3 is 0 Å². The van der Waals surface area contributed by atoms with Gasteiger partial charge in [-0.1, -0.05) is 17.7 Å². The molecule has 0 aliphatic carbocycles. The van der Waals surface area contributed by atoms with Gasteiger partial charge in [0.2, 0.25) is 0 Å². The van der Waals surface area contributed by atoms with Crippen LogP contribution in [-0.2, 0) is 0 Å². The first-order valence-corrected chi connectivity index (χ1v) is 9.28. The Morgan fingerprint density at radius 2 is 1.92 bits per heavy atom. The highest BCUT2D eigenvalue weighted by molar-refractivity contribution is 7.99. The number of carbonyl (C=O) groups is 1. The molecule has 1 aliphatic rings. The van der Waals surface area contributed by atoms with Gasteiger partial charge in [0.25, 0.3) is 5.91 Å². The van der Waals surface area contributed by atoms with Gasteiger partial charge in [0.1, 0.15) is 5.75 Å². The molecule has 1 fully saturated rings. The zero-order valence-electron chi connectivity index (χ0n) is 13.9. The van der Waals surface area contributed by atoms with Crippen LogP contribution >= 0.6 is 11.8 Å². The summed E-state index contributed by atoms with van der Waals surface area (Å²) >= 11 is 1.63. The number of likely N-dealkylation sites (tertiary alicyclic amines) is 1. The molecular weight excluding hydrogens is 320 g/mol. The summed E-state index contributed by atoms with van der Waals surface area (Å²) in [5.74, 6) is 1.81. The number of aromatic nitrogens is 1. The molecule has 0 saturated carbocycles. The number of carbonyl (C=O) groups excluding carboxylic acids is 1. The van der Waals surface area contributed by atoms with E-state index in [1.54, 1.807) is 18.0 Å². The number of hydrogen-bond donors (Lipinski definition) is 0. The third kappa shape index (κ3) is 4.51. The van der Waals surface area contributed by atoms with Gasteiger partial charge in [-0.15, -0.1) is 11.8 Å². The highest BCUT2D eigenvalue weighted by atomic mass is 32.2. The second-order valence-corrected chi connectivity index (χ2v) is 7.01. The molecule has 0 radical (unpaired) electrons. The van der Waals surface area contributed by atoms with Crippen molar-refractivity contribution >= 4 is 17.7 Å². The molecule has 0 bridgehead atoms. The number of thioether (sulfide) groups is 1. The van der Waals surface area contributed by atoms with Crippen molar-refractivity contribution in [2.24, 2.45) is 0 Å². The van der Waals surface area contributed by atoms with Crippen LogP contribution in [0.25, 0.3) is 0 Å². The molecule has 5 heteroatoms. The monoisotopic (exact) mass is 342 g/mol. The quantitative estimate of drug-likeness (QED) is 0.591. The number of aryl methyl sites for hydroxylation is 1. The van der Waals surface area contributed by atoms with Gasteiger partial charge in [0, 0.05) is 25.0 Å². The van der Waals surface area contributed by atoms with E-state index in [0.717, 1.165) is 42.5 Å². The molecule has 0 N–H and O–H groups in total. The van der Waals surface area contributed by atoms with Crippen molar-refractivity contribution in [3.05, 3.63) is 53.7 Å². The Morgan fingerprint density at radius 1 is 1.17 bits per heavy atom. The van der Waals surface area contributed by atoms with Crippen LogP contribution in [0.1, 0.15) is 28.8 Å². The van der Waals surface area contributed by atoms with Crippen LogP contribution in [0, 0.1) is 6.92 Å². The Hall–Kier alpha value is -2.01. The molecule has 1 aromatic heterocycles. The number of rotatable bonds is 6. The van der Waals surface area contributed by atoms with Crippen molar-refractivity contribution in [1.29, 1.82) is 0 Å². The lowest BCUT2D eigenvalue weighted by Gasteiger charge is -2.14. The molecule has 4 nitrogen and oxygen atoms in total. The Balaban J connectivity index is 1.44. The summed E-state index contributed by atoms with van der Waals surface area (Å²) < 4.78 is 5.70. The van der Waals surface area contributed by atoms with Crippen LogP contribution in [0.5, 0.6) is 5.75 Å². The summed E-state index contributed by atoms with van der Waals surface area (Å²) in [6.45, 7) is 4.42. The average molecular weight is 342 g/mol. The minimum absolute atomic E-state index is 0.0965. The standard InChI is InChI=1S/C19H22N2O2S/c1-15-4-7-17(8-5-15)23-12-13-24-18-9-6-16(14-20-18)19(22)21-10-2-3-11-21/h4-9,14H,2-3,10-13H2,1H3. The predicted molar refractivity (Wildman–Crippen MR) is 96.8 cm³/mol. The molecular formula is C19H22N2O2S. The first-order valence-electron chi connectivity index (χ1n) is 8.30. The van der Waals surface area contributed by atoms with Crippen LogP contribution < -0.4 is 4.74 Å². The lowest BCUT2D eigenvalue weighted by atomic mass is 10.2. The van der Waals surface area contributed by atoms with E-state index in [1.165, 1.54) is 5.56 Å². The number of pyridine rings is 1. The van der Waals surface area contributed by atoms with Crippen LogP contribution in [0.4, 0.5) is 0 Å². The predicted octanol–water partition coefficient (Wildman–Crippen LogP) is 3.80. The maximum Gasteiger partial charge on any atom is 0.255 e. The molecule has 1 aliphatic heterocycles. The number of ether oxygens (including phenoxy) is 1. The van der Waals surface area contributed by atoms with Gasteiger partial charge in [0.05, 0.1) is 17.2 Å². The molecule has 1 amide bonds. The molecule has 0 unspecified atom stereocenters. The van der Waals surface area contributed by atoms with Crippen molar-refractivity contribution in [2.45, 2.75) is 24.8 Å². The summed E-state index contributed by atoms with van der Waals surface area (Å²) in [7, 11) is 0. The van der Waals surface area contributed by atoms with E-state index < -0.39 is 0 Å². The smallest absolute Gasteiger partial charge is 0.255 e. The van der Waals surface area contributed by atoms with Crippen LogP contribution in [-0.4, -0.2) is 41.2 Å². The van der Waals surface area contributed by atoms with Gasteiger partial charge < -0.3 is 9.64 Å². The van der Waals surface area contributed by atoms with Crippen molar-refractivity contribution in [1.82, 2.24) is 9.88 Å².